The first-order valence-electron chi connectivity index (χ1n) is 9.84. The van der Waals surface area contributed by atoms with Crippen LogP contribution in [0.15, 0.2) is 60.7 Å². The smallest absolute Gasteiger partial charge is 0.256 e. The van der Waals surface area contributed by atoms with Crippen molar-refractivity contribution in [1.82, 2.24) is 4.90 Å². The molecular weight excluding hydrogens is 436 g/mol. The van der Waals surface area contributed by atoms with Gasteiger partial charge in [0.25, 0.3) is 5.91 Å². The zero-order valence-electron chi connectivity index (χ0n) is 16.8. The monoisotopic (exact) mass is 453 g/mol. The average molecular weight is 454 g/mol. The van der Waals surface area contributed by atoms with Crippen molar-refractivity contribution in [3.8, 4) is 0 Å². The van der Waals surface area contributed by atoms with Crippen molar-refractivity contribution in [1.29, 1.82) is 5.41 Å². The summed E-state index contributed by atoms with van der Waals surface area (Å²) in [5.74, 6) is -2.32. The molecule has 3 aromatic carbocycles. The number of nitrogens with one attached hydrogen (secondary N) is 2. The van der Waals surface area contributed by atoms with E-state index in [2.05, 4.69) is 5.32 Å². The number of ketones is 1. The van der Waals surface area contributed by atoms with Crippen LogP contribution in [0.1, 0.15) is 31.8 Å². The van der Waals surface area contributed by atoms with Gasteiger partial charge in [-0.05, 0) is 54.1 Å². The predicted octanol–water partition coefficient (Wildman–Crippen LogP) is 4.94. The first-order chi connectivity index (χ1) is 15.3. The van der Waals surface area contributed by atoms with Gasteiger partial charge in [0.1, 0.15) is 17.5 Å². The zero-order valence-corrected chi connectivity index (χ0v) is 17.5. The van der Waals surface area contributed by atoms with Gasteiger partial charge in [0.15, 0.2) is 5.78 Å². The van der Waals surface area contributed by atoms with E-state index in [1.54, 1.807) is 29.2 Å². The lowest BCUT2D eigenvalue weighted by atomic mass is 9.97. The first-order valence-corrected chi connectivity index (χ1v) is 10.2. The lowest BCUT2D eigenvalue weighted by molar-refractivity contribution is 0.0988. The number of halogens is 3. The number of amidine groups is 1. The SMILES string of the molecule is N=C(c1ccc(C(=O)Cc2ccc(F)cc2C(=O)Nc2ccc(Cl)cc2)c(F)c1)N1CC1. The topological polar surface area (TPSA) is 73.0 Å². The van der Waals surface area contributed by atoms with Crippen molar-refractivity contribution >= 4 is 34.8 Å². The molecule has 1 heterocycles. The van der Waals surface area contributed by atoms with Crippen LogP contribution in [-0.2, 0) is 6.42 Å². The number of nitrogens with zero attached hydrogens (tertiary/aromatic N) is 1. The molecule has 1 aliphatic heterocycles. The third-order valence-corrected chi connectivity index (χ3v) is 5.33. The molecule has 1 aliphatic rings. The number of carbonyl (C=O) groups excluding carboxylic acids is 2. The molecule has 0 radical (unpaired) electrons. The van der Waals surface area contributed by atoms with Crippen LogP contribution in [0.2, 0.25) is 5.02 Å². The van der Waals surface area contributed by atoms with Gasteiger partial charge in [0, 0.05) is 41.3 Å². The molecule has 1 amide bonds. The highest BCUT2D eigenvalue weighted by molar-refractivity contribution is 6.30. The number of benzene rings is 3. The summed E-state index contributed by atoms with van der Waals surface area (Å²) in [6, 6.07) is 13.9. The van der Waals surface area contributed by atoms with Crippen LogP contribution in [0.4, 0.5) is 14.5 Å². The molecule has 0 aromatic heterocycles. The number of carbonyl (C=O) groups is 2. The van der Waals surface area contributed by atoms with Crippen LogP contribution in [0.25, 0.3) is 0 Å². The van der Waals surface area contributed by atoms with Gasteiger partial charge >= 0.3 is 0 Å². The van der Waals surface area contributed by atoms with Crippen molar-refractivity contribution < 1.29 is 18.4 Å². The molecule has 5 nitrogen and oxygen atoms in total. The van der Waals surface area contributed by atoms with Crippen LogP contribution in [-0.4, -0.2) is 35.5 Å². The van der Waals surface area contributed by atoms with Gasteiger partial charge in [0.2, 0.25) is 0 Å². The second-order valence-electron chi connectivity index (χ2n) is 7.39. The number of rotatable bonds is 6. The lowest BCUT2D eigenvalue weighted by Crippen LogP contribution is -2.17. The standard InChI is InChI=1S/C24H18ClF2N3O2/c25-16-3-6-18(7-4-16)29-24(32)20-13-17(26)5-1-14(20)12-22(31)19-8-2-15(11-21(19)27)23(28)30-9-10-30/h1-8,11,13,28H,9-10,12H2,(H,29,32). The zero-order chi connectivity index (χ0) is 22.8. The van der Waals surface area contributed by atoms with Crippen LogP contribution in [0.3, 0.4) is 0 Å². The fourth-order valence-corrected chi connectivity index (χ4v) is 3.38. The summed E-state index contributed by atoms with van der Waals surface area (Å²) in [6.07, 6.45) is -0.288. The van der Waals surface area contributed by atoms with E-state index in [1.165, 1.54) is 18.2 Å². The molecule has 8 heteroatoms. The Kier molecular flexibility index (Phi) is 6.01. The minimum absolute atomic E-state index is 0.0198. The highest BCUT2D eigenvalue weighted by Crippen LogP contribution is 2.21. The molecule has 0 spiro atoms. The molecule has 1 fully saturated rings. The highest BCUT2D eigenvalue weighted by Gasteiger charge is 2.24. The quantitative estimate of drug-likeness (QED) is 0.240. The second-order valence-corrected chi connectivity index (χ2v) is 7.83. The molecule has 0 bridgehead atoms. The fraction of sp³-hybridized carbons (Fsp3) is 0.125. The highest BCUT2D eigenvalue weighted by atomic mass is 35.5. The van der Waals surface area contributed by atoms with E-state index in [-0.39, 0.29) is 28.9 Å². The van der Waals surface area contributed by atoms with Crippen LogP contribution >= 0.6 is 11.6 Å². The van der Waals surface area contributed by atoms with Crippen LogP contribution in [0.5, 0.6) is 0 Å². The number of hydrogen-bond acceptors (Lipinski definition) is 3. The lowest BCUT2D eigenvalue weighted by Gasteiger charge is -2.12. The van der Waals surface area contributed by atoms with Gasteiger partial charge in [-0.2, -0.15) is 0 Å². The fourth-order valence-electron chi connectivity index (χ4n) is 3.26. The molecular formula is C24H18ClF2N3O2. The van der Waals surface area contributed by atoms with Gasteiger partial charge in [-0.25, -0.2) is 8.78 Å². The summed E-state index contributed by atoms with van der Waals surface area (Å²) in [5, 5.41) is 11.1. The summed E-state index contributed by atoms with van der Waals surface area (Å²) in [7, 11) is 0. The molecule has 2 N–H and O–H groups in total. The Labute approximate surface area is 188 Å². The maximum Gasteiger partial charge on any atom is 0.256 e. The normalized spacial score (nSPS) is 12.4. The first kappa shape index (κ1) is 21.6. The van der Waals surface area contributed by atoms with Crippen molar-refractivity contribution in [2.24, 2.45) is 0 Å². The Morgan fingerprint density at radius 1 is 0.969 bits per heavy atom. The summed E-state index contributed by atoms with van der Waals surface area (Å²) in [6.45, 7) is 1.51. The number of anilines is 1. The Morgan fingerprint density at radius 2 is 1.69 bits per heavy atom. The van der Waals surface area contributed by atoms with E-state index in [0.717, 1.165) is 31.3 Å². The van der Waals surface area contributed by atoms with E-state index in [0.29, 0.717) is 16.3 Å². The van der Waals surface area contributed by atoms with Crippen LogP contribution in [0, 0.1) is 17.0 Å². The van der Waals surface area contributed by atoms with Crippen molar-refractivity contribution in [3.63, 3.8) is 0 Å². The predicted molar refractivity (Wildman–Crippen MR) is 119 cm³/mol. The van der Waals surface area contributed by atoms with Crippen molar-refractivity contribution in [2.45, 2.75) is 6.42 Å². The molecule has 4 rings (SSSR count). The molecule has 3 aromatic rings. The molecule has 162 valence electrons. The van der Waals surface area contributed by atoms with Crippen molar-refractivity contribution in [2.75, 3.05) is 18.4 Å². The average Bonchev–Trinajstić information content (AvgIpc) is 3.61. The van der Waals surface area contributed by atoms with E-state index in [1.807, 2.05) is 0 Å². The maximum absolute atomic E-state index is 14.6. The largest absolute Gasteiger partial charge is 0.353 e. The van der Waals surface area contributed by atoms with E-state index < -0.39 is 23.3 Å². The number of amides is 1. The summed E-state index contributed by atoms with van der Waals surface area (Å²) in [4.78, 5) is 27.3. The van der Waals surface area contributed by atoms with Gasteiger partial charge in [-0.3, -0.25) is 15.0 Å². The third kappa shape index (κ3) is 4.84. The molecule has 0 saturated carbocycles. The van der Waals surface area contributed by atoms with E-state index in [9.17, 15) is 18.4 Å². The Bertz CT molecular complexity index is 1220. The van der Waals surface area contributed by atoms with Crippen molar-refractivity contribution in [3.05, 3.63) is 99.6 Å². The molecule has 0 aliphatic carbocycles. The summed E-state index contributed by atoms with van der Waals surface area (Å²) >= 11 is 5.84. The van der Waals surface area contributed by atoms with Gasteiger partial charge < -0.3 is 10.2 Å². The van der Waals surface area contributed by atoms with Crippen LogP contribution < -0.4 is 5.32 Å². The Hall–Kier alpha value is -3.58. The van der Waals surface area contributed by atoms with Gasteiger partial charge in [-0.1, -0.05) is 23.7 Å². The molecule has 0 atom stereocenters. The Balaban J connectivity index is 1.55. The summed E-state index contributed by atoms with van der Waals surface area (Å²) < 4.78 is 28.5. The van der Waals surface area contributed by atoms with E-state index in [4.69, 9.17) is 17.0 Å². The van der Waals surface area contributed by atoms with Gasteiger partial charge in [-0.15, -0.1) is 0 Å². The molecule has 0 unspecified atom stereocenters. The number of Topliss-reactive ketones (excluding diaryl/α,β-unsaturated/α-hetero) is 1. The molecule has 32 heavy (non-hydrogen) atoms. The van der Waals surface area contributed by atoms with Gasteiger partial charge in [0.05, 0.1) is 5.56 Å². The minimum atomic E-state index is -0.742. The molecule has 1 saturated heterocycles. The summed E-state index contributed by atoms with van der Waals surface area (Å²) in [5.41, 5.74) is 0.940. The second kappa shape index (κ2) is 8.88. The third-order valence-electron chi connectivity index (χ3n) is 5.08. The van der Waals surface area contributed by atoms with E-state index >= 15 is 0 Å². The Morgan fingerprint density at radius 3 is 2.34 bits per heavy atom. The number of hydrogen-bond donors (Lipinski definition) is 2. The maximum atomic E-state index is 14.6. The minimum Gasteiger partial charge on any atom is -0.353 e.